The maximum Gasteiger partial charge on any atom is 0.0949 e. The maximum absolute atomic E-state index is 9.02. The molecule has 0 aromatic heterocycles. The highest BCUT2D eigenvalue weighted by Crippen LogP contribution is 2.13. The Kier molecular flexibility index (Phi) is 10.3. The molecule has 116 valence electrons. The van der Waals surface area contributed by atoms with Crippen molar-refractivity contribution in [2.24, 2.45) is 5.92 Å². The molecule has 1 heteroatoms. The predicted molar refractivity (Wildman–Crippen MR) is 93.9 cm³/mol. The lowest BCUT2D eigenvalue weighted by atomic mass is 10.0. The van der Waals surface area contributed by atoms with E-state index in [0.29, 0.717) is 5.92 Å². The molecule has 0 aliphatic heterocycles. The van der Waals surface area contributed by atoms with Gasteiger partial charge in [0.1, 0.15) is 0 Å². The molecule has 0 N–H and O–H groups in total. The van der Waals surface area contributed by atoms with Crippen molar-refractivity contribution in [1.29, 1.82) is 5.26 Å². The Bertz CT molecular complexity index is 461. The van der Waals surface area contributed by atoms with Crippen molar-refractivity contribution in [1.82, 2.24) is 0 Å². The fraction of sp³-hybridized carbons (Fsp3) is 0.550. The van der Waals surface area contributed by atoms with Crippen LogP contribution in [0.2, 0.25) is 0 Å². The zero-order valence-corrected chi connectivity index (χ0v) is 14.7. The molecule has 21 heavy (non-hydrogen) atoms. The first kappa shape index (κ1) is 19.4. The van der Waals surface area contributed by atoms with Gasteiger partial charge < -0.3 is 0 Å². The number of nitrogens with zero attached hydrogens (tertiary/aromatic N) is 1. The first-order chi connectivity index (χ1) is 9.86. The van der Waals surface area contributed by atoms with E-state index >= 15 is 0 Å². The van der Waals surface area contributed by atoms with E-state index in [9.17, 15) is 0 Å². The van der Waals surface area contributed by atoms with Crippen LogP contribution in [-0.2, 0) is 0 Å². The van der Waals surface area contributed by atoms with Crippen LogP contribution in [0, 0.1) is 17.2 Å². The lowest BCUT2D eigenvalue weighted by Crippen LogP contribution is -1.89. The van der Waals surface area contributed by atoms with E-state index in [4.69, 9.17) is 5.26 Å². The Balaban J connectivity index is 4.28. The van der Waals surface area contributed by atoms with Crippen molar-refractivity contribution in [2.45, 2.75) is 67.2 Å². The van der Waals surface area contributed by atoms with E-state index in [-0.39, 0.29) is 0 Å². The van der Waals surface area contributed by atoms with Crippen molar-refractivity contribution >= 4 is 0 Å². The summed E-state index contributed by atoms with van der Waals surface area (Å²) < 4.78 is 0. The van der Waals surface area contributed by atoms with E-state index in [1.807, 2.05) is 6.08 Å². The van der Waals surface area contributed by atoms with Crippen LogP contribution < -0.4 is 0 Å². The summed E-state index contributed by atoms with van der Waals surface area (Å²) in [7, 11) is 0. The molecule has 0 saturated heterocycles. The summed E-state index contributed by atoms with van der Waals surface area (Å²) in [5, 5.41) is 9.02. The second kappa shape index (κ2) is 11.1. The van der Waals surface area contributed by atoms with Crippen LogP contribution in [0.5, 0.6) is 0 Å². The number of hydrogen-bond acceptors (Lipinski definition) is 1. The van der Waals surface area contributed by atoms with Crippen molar-refractivity contribution in [3.8, 4) is 6.07 Å². The first-order valence-corrected chi connectivity index (χ1v) is 7.93. The molecule has 0 aromatic rings. The van der Waals surface area contributed by atoms with Crippen LogP contribution in [0.3, 0.4) is 0 Å². The van der Waals surface area contributed by atoms with Crippen molar-refractivity contribution in [3.05, 3.63) is 46.6 Å². The van der Waals surface area contributed by atoms with Gasteiger partial charge in [0.05, 0.1) is 6.07 Å². The fourth-order valence-electron chi connectivity index (χ4n) is 1.91. The van der Waals surface area contributed by atoms with E-state index in [1.165, 1.54) is 16.7 Å². The Labute approximate surface area is 131 Å². The van der Waals surface area contributed by atoms with E-state index < -0.39 is 0 Å². The van der Waals surface area contributed by atoms with E-state index in [1.54, 1.807) is 0 Å². The van der Waals surface area contributed by atoms with Gasteiger partial charge in [0.15, 0.2) is 0 Å². The van der Waals surface area contributed by atoms with Gasteiger partial charge in [-0.1, -0.05) is 48.8 Å². The molecule has 0 rings (SSSR count). The number of hydrogen-bond donors (Lipinski definition) is 0. The minimum atomic E-state index is 0.302. The third-order valence-electron chi connectivity index (χ3n) is 3.42. The largest absolute Gasteiger partial charge is 0.193 e. The molecule has 0 radical (unpaired) electrons. The first-order valence-electron chi connectivity index (χ1n) is 7.93. The lowest BCUT2D eigenvalue weighted by molar-refractivity contribution is 0.795. The molecule has 0 unspecified atom stereocenters. The highest BCUT2D eigenvalue weighted by molar-refractivity contribution is 5.28. The van der Waals surface area contributed by atoms with Crippen molar-refractivity contribution in [3.63, 3.8) is 0 Å². The summed E-state index contributed by atoms with van der Waals surface area (Å²) in [5.41, 5.74) is 5.04. The fourth-order valence-corrected chi connectivity index (χ4v) is 1.91. The topological polar surface area (TPSA) is 23.8 Å². The van der Waals surface area contributed by atoms with Crippen LogP contribution in [0.4, 0.5) is 0 Å². The zero-order valence-electron chi connectivity index (χ0n) is 14.7. The van der Waals surface area contributed by atoms with Crippen LogP contribution in [-0.4, -0.2) is 0 Å². The van der Waals surface area contributed by atoms with Crippen molar-refractivity contribution < 1.29 is 0 Å². The molecule has 0 bridgehead atoms. The molecule has 0 atom stereocenters. The molecule has 0 saturated carbocycles. The normalized spacial score (nSPS) is 13.3. The molecule has 0 aliphatic rings. The Morgan fingerprint density at radius 2 is 1.48 bits per heavy atom. The van der Waals surface area contributed by atoms with Gasteiger partial charge in [-0.15, -0.1) is 0 Å². The minimum absolute atomic E-state index is 0.302. The van der Waals surface area contributed by atoms with Gasteiger partial charge in [-0.25, -0.2) is 0 Å². The second-order valence-electron chi connectivity index (χ2n) is 6.31. The lowest BCUT2D eigenvalue weighted by Gasteiger charge is -2.02. The van der Waals surface area contributed by atoms with Crippen LogP contribution in [0.1, 0.15) is 67.2 Å². The minimum Gasteiger partial charge on any atom is -0.193 e. The smallest absolute Gasteiger partial charge is 0.0949 e. The quantitative estimate of drug-likeness (QED) is 0.283. The number of nitriles is 1. The Hall–Kier alpha value is -1.55. The van der Waals surface area contributed by atoms with Gasteiger partial charge in [-0.05, 0) is 65.4 Å². The van der Waals surface area contributed by atoms with Crippen LogP contribution in [0.25, 0.3) is 0 Å². The third kappa shape index (κ3) is 10.9. The molecule has 0 aliphatic carbocycles. The molecule has 1 nitrogen and oxygen atoms in total. The standard InChI is InChI=1S/C20H31N/c1-16(2)9-7-10-18(5)11-8-12-19(6)13-14-20(15-21)17(3)4/h9,11,13-14,17H,7-8,10,12H2,1-6H3/b18-11+,19-13+,20-14+. The monoisotopic (exact) mass is 285 g/mol. The highest BCUT2D eigenvalue weighted by Gasteiger charge is 1.99. The van der Waals surface area contributed by atoms with Gasteiger partial charge >= 0.3 is 0 Å². The predicted octanol–water partition coefficient (Wildman–Crippen LogP) is 6.51. The molecule has 0 heterocycles. The number of allylic oxidation sites excluding steroid dienone is 8. The van der Waals surface area contributed by atoms with Gasteiger partial charge in [0.25, 0.3) is 0 Å². The molecular weight excluding hydrogens is 254 g/mol. The molecule has 0 spiro atoms. The molecule has 0 fully saturated rings. The Morgan fingerprint density at radius 3 is 2.00 bits per heavy atom. The van der Waals surface area contributed by atoms with Crippen LogP contribution in [0.15, 0.2) is 46.6 Å². The molecule has 0 amide bonds. The van der Waals surface area contributed by atoms with Gasteiger partial charge in [-0.2, -0.15) is 5.26 Å². The summed E-state index contributed by atoms with van der Waals surface area (Å²) in [4.78, 5) is 0. The molecule has 0 aromatic carbocycles. The average Bonchev–Trinajstić information content (AvgIpc) is 2.38. The van der Waals surface area contributed by atoms with Gasteiger partial charge in [-0.3, -0.25) is 0 Å². The SMILES string of the molecule is CC(C)=CCC/C(C)=C/CC/C(C)=C/C=C(\C#N)C(C)C. The second-order valence-corrected chi connectivity index (χ2v) is 6.31. The summed E-state index contributed by atoms with van der Waals surface area (Å²) in [6, 6.07) is 2.26. The summed E-state index contributed by atoms with van der Waals surface area (Å²) >= 11 is 0. The van der Waals surface area contributed by atoms with E-state index in [2.05, 4.69) is 65.8 Å². The Morgan fingerprint density at radius 1 is 0.905 bits per heavy atom. The van der Waals surface area contributed by atoms with Crippen LogP contribution >= 0.6 is 0 Å². The average molecular weight is 285 g/mol. The zero-order chi connectivity index (χ0) is 16.3. The maximum atomic E-state index is 9.02. The summed E-state index contributed by atoms with van der Waals surface area (Å²) in [6.45, 7) is 12.7. The third-order valence-corrected chi connectivity index (χ3v) is 3.42. The van der Waals surface area contributed by atoms with E-state index in [0.717, 1.165) is 31.3 Å². The van der Waals surface area contributed by atoms with Gasteiger partial charge in [0.2, 0.25) is 0 Å². The van der Waals surface area contributed by atoms with Gasteiger partial charge in [0, 0.05) is 5.57 Å². The summed E-state index contributed by atoms with van der Waals surface area (Å²) in [5.74, 6) is 0.302. The van der Waals surface area contributed by atoms with Crippen molar-refractivity contribution in [2.75, 3.05) is 0 Å². The summed E-state index contributed by atoms with van der Waals surface area (Å²) in [6.07, 6.45) is 13.1. The number of rotatable bonds is 8. The highest BCUT2D eigenvalue weighted by atomic mass is 14.2. The molecular formula is C20H31N.